The molecule has 0 aromatic heterocycles. The molecule has 0 saturated heterocycles. The second-order valence-corrected chi connectivity index (χ2v) is 11.7. The highest BCUT2D eigenvalue weighted by atomic mass is 16.5. The van der Waals surface area contributed by atoms with Gasteiger partial charge in [-0.05, 0) is 32.1 Å². The molecule has 0 aromatic rings. The Kier molecular flexibility index (Phi) is 88.5. The van der Waals surface area contributed by atoms with E-state index in [1.807, 2.05) is 31.2 Å². The van der Waals surface area contributed by atoms with Gasteiger partial charge in [0.2, 0.25) is 0 Å². The van der Waals surface area contributed by atoms with Gasteiger partial charge < -0.3 is 44.0 Å². The van der Waals surface area contributed by atoms with Gasteiger partial charge in [-0.25, -0.2) is 0 Å². The lowest BCUT2D eigenvalue weighted by molar-refractivity contribution is -0.0424. The normalized spacial score (nSPS) is 9.19. The van der Waals surface area contributed by atoms with Crippen LogP contribution in [-0.2, 0) is 28.4 Å². The molecule has 0 atom stereocenters. The quantitative estimate of drug-likeness (QED) is 0.0339. The molecule has 0 fully saturated rings. The number of nitrogens with one attached hydrogen (secondary N) is 1. The Hall–Kier alpha value is -3.28. The number of hydrogen-bond acceptors (Lipinski definition) is 9. The van der Waals surface area contributed by atoms with Crippen molar-refractivity contribution in [3.63, 3.8) is 0 Å². The number of rotatable bonds is 33. The number of unbranched alkanes of at least 4 members (excludes halogenated alkanes) is 3. The number of hydrogen-bond donors (Lipinski definition) is 3. The Morgan fingerprint density at radius 2 is 0.895 bits per heavy atom. The molecular weight excluding hydrogens is 719 g/mol. The van der Waals surface area contributed by atoms with E-state index in [9.17, 15) is 10.2 Å². The van der Waals surface area contributed by atoms with Gasteiger partial charge in [0.15, 0.2) is 0 Å². The van der Waals surface area contributed by atoms with Crippen LogP contribution in [0.25, 0.3) is 0 Å². The van der Waals surface area contributed by atoms with Crippen molar-refractivity contribution in [2.24, 2.45) is 5.41 Å². The first-order valence-corrected chi connectivity index (χ1v) is 20.3. The lowest BCUT2D eigenvalue weighted by Crippen LogP contribution is -2.35. The Morgan fingerprint density at radius 1 is 0.526 bits per heavy atom. The molecule has 0 unspecified atom stereocenters. The molecule has 0 saturated carbocycles. The van der Waals surface area contributed by atoms with Crippen LogP contribution < -0.4 is 5.32 Å². The predicted octanol–water partition coefficient (Wildman–Crippen LogP) is 10.9. The lowest BCUT2D eigenvalue weighted by atomic mass is 9.88. The summed E-state index contributed by atoms with van der Waals surface area (Å²) in [6.45, 7) is 52.4. The molecule has 9 heteroatoms. The van der Waals surface area contributed by atoms with Crippen LogP contribution in [0.15, 0.2) is 127 Å². The summed E-state index contributed by atoms with van der Waals surface area (Å²) in [7, 11) is 0. The second kappa shape index (κ2) is 73.8. The van der Waals surface area contributed by atoms with E-state index >= 15 is 0 Å². The summed E-state index contributed by atoms with van der Waals surface area (Å²) in [6, 6.07) is 0. The van der Waals surface area contributed by atoms with Crippen LogP contribution in [0.2, 0.25) is 0 Å². The highest BCUT2D eigenvalue weighted by Gasteiger charge is 2.28. The average Bonchev–Trinajstić information content (AvgIpc) is 3.24. The summed E-state index contributed by atoms with van der Waals surface area (Å²) in [5.41, 5.74) is -0.300. The summed E-state index contributed by atoms with van der Waals surface area (Å²) < 4.78 is 30.5. The van der Waals surface area contributed by atoms with E-state index < -0.39 is 6.10 Å². The zero-order valence-electron chi connectivity index (χ0n) is 37.6. The summed E-state index contributed by atoms with van der Waals surface area (Å²) in [6.07, 6.45) is 25.4. The number of aliphatic hydroxyl groups is 2. The topological polar surface area (TPSA) is 108 Å². The monoisotopic (exact) mass is 810 g/mol. The molecule has 0 aliphatic carbocycles. The van der Waals surface area contributed by atoms with Gasteiger partial charge in [0.05, 0.1) is 85.2 Å². The third-order valence-corrected chi connectivity index (χ3v) is 6.34. The standard InChI is InChI=1S/C12H22O3.C9H16O3.C7H14O.C6H11N.C6H12O.2C4H8/c1-4-7-14-10-12(6-3,9-13)11-15-8-5-2;1-3-5-11-7-9(10)8-12-6-4-2;1-3-5-6-7-8-4-2;1-3-5-7-6-4-2;1-3-5-6-7-4-2;2*1-3-4-2/h4-5,13H,1-2,6-11H2,3H3;3-4,9-10H,1-2,5-8H2;4H,2-3,5-7H2,1H3;3-4,7H,1-2,5-6H2;4H,2-3,5-6H2,1H3;2*3H,1,4H2,2H3. The first-order valence-electron chi connectivity index (χ1n) is 20.3. The van der Waals surface area contributed by atoms with Crippen molar-refractivity contribution in [1.82, 2.24) is 5.32 Å². The van der Waals surface area contributed by atoms with E-state index in [1.165, 1.54) is 31.8 Å². The molecule has 336 valence electrons. The fourth-order valence-electron chi connectivity index (χ4n) is 2.91. The minimum absolute atomic E-state index is 0.0672. The summed E-state index contributed by atoms with van der Waals surface area (Å²) in [4.78, 5) is 0. The molecule has 0 spiro atoms. The van der Waals surface area contributed by atoms with Crippen LogP contribution in [-0.4, -0.2) is 102 Å². The molecule has 0 aromatic carbocycles. The second-order valence-electron chi connectivity index (χ2n) is 11.7. The smallest absolute Gasteiger partial charge is 0.101 e. The molecule has 3 N–H and O–H groups in total. The number of aliphatic hydroxyl groups excluding tert-OH is 2. The first kappa shape index (κ1) is 68.4. The van der Waals surface area contributed by atoms with Crippen LogP contribution in [0.1, 0.15) is 86.0 Å². The van der Waals surface area contributed by atoms with Crippen LogP contribution in [0, 0.1) is 5.41 Å². The largest absolute Gasteiger partial charge is 0.502 e. The molecule has 0 aliphatic heterocycles. The molecule has 0 heterocycles. The van der Waals surface area contributed by atoms with Crippen molar-refractivity contribution in [3.8, 4) is 0 Å². The van der Waals surface area contributed by atoms with E-state index in [4.69, 9.17) is 28.4 Å². The minimum atomic E-state index is -0.565. The summed E-state index contributed by atoms with van der Waals surface area (Å²) in [5.74, 6) is 0. The first-order chi connectivity index (χ1) is 27.6. The number of allylic oxidation sites excluding steroid dienone is 2. The molecule has 57 heavy (non-hydrogen) atoms. The van der Waals surface area contributed by atoms with Gasteiger partial charge in [0, 0.05) is 18.5 Å². The van der Waals surface area contributed by atoms with Gasteiger partial charge in [0.1, 0.15) is 6.10 Å². The molecule has 0 bridgehead atoms. The van der Waals surface area contributed by atoms with Gasteiger partial charge in [-0.15, -0.1) is 52.6 Å². The van der Waals surface area contributed by atoms with E-state index in [0.29, 0.717) is 39.6 Å². The molecular formula is C48H91NO8. The third kappa shape index (κ3) is 86.0. The predicted molar refractivity (Wildman–Crippen MR) is 251 cm³/mol. The molecule has 0 rings (SSSR count). The van der Waals surface area contributed by atoms with Crippen LogP contribution in [0.5, 0.6) is 0 Å². The Labute approximate surface area is 353 Å². The van der Waals surface area contributed by atoms with Gasteiger partial charge in [-0.3, -0.25) is 0 Å². The third-order valence-electron chi connectivity index (χ3n) is 6.34. The van der Waals surface area contributed by atoms with Crippen LogP contribution in [0.3, 0.4) is 0 Å². The van der Waals surface area contributed by atoms with E-state index in [-0.39, 0.29) is 25.2 Å². The van der Waals surface area contributed by atoms with Gasteiger partial charge in [-0.2, -0.15) is 0 Å². The highest BCUT2D eigenvalue weighted by Crippen LogP contribution is 2.22. The van der Waals surface area contributed by atoms with Gasteiger partial charge in [-0.1, -0.05) is 116 Å². The highest BCUT2D eigenvalue weighted by molar-refractivity contribution is 4.79. The molecule has 0 aliphatic rings. The molecule has 9 nitrogen and oxygen atoms in total. The van der Waals surface area contributed by atoms with Crippen LogP contribution in [0.4, 0.5) is 0 Å². The number of ether oxygens (including phenoxy) is 6. The van der Waals surface area contributed by atoms with Crippen molar-refractivity contribution < 1.29 is 38.6 Å². The van der Waals surface area contributed by atoms with Crippen LogP contribution >= 0.6 is 0 Å². The van der Waals surface area contributed by atoms with E-state index in [1.54, 1.807) is 24.3 Å². The summed E-state index contributed by atoms with van der Waals surface area (Å²) >= 11 is 0. The Balaban J connectivity index is -0.000000107. The maximum atomic E-state index is 9.36. The SMILES string of the molecule is C=CCC.C=CCC.C=CCNCC=C.C=CCOCC(CC)(CO)COCC=C.C=CCOCC(O)COCC=C.C=COCCCC.C=COCCCCC. The van der Waals surface area contributed by atoms with Gasteiger partial charge >= 0.3 is 0 Å². The van der Waals surface area contributed by atoms with E-state index in [0.717, 1.165) is 58.4 Å². The fourth-order valence-corrected chi connectivity index (χ4v) is 2.91. The van der Waals surface area contributed by atoms with Crippen molar-refractivity contribution >= 4 is 0 Å². The van der Waals surface area contributed by atoms with Crippen molar-refractivity contribution in [2.75, 3.05) is 85.8 Å². The fraction of sp³-hybridized carbons (Fsp3) is 0.583. The lowest BCUT2D eigenvalue weighted by Gasteiger charge is -2.29. The average molecular weight is 810 g/mol. The summed E-state index contributed by atoms with van der Waals surface area (Å²) in [5, 5.41) is 21.6. The van der Waals surface area contributed by atoms with Crippen molar-refractivity contribution in [2.45, 2.75) is 92.1 Å². The van der Waals surface area contributed by atoms with E-state index in [2.05, 4.69) is 98.8 Å². The van der Waals surface area contributed by atoms with Crippen molar-refractivity contribution in [3.05, 3.63) is 127 Å². The maximum Gasteiger partial charge on any atom is 0.101 e. The Morgan fingerprint density at radius 3 is 1.18 bits per heavy atom. The molecule has 0 amide bonds. The minimum Gasteiger partial charge on any atom is -0.502 e. The Bertz CT molecular complexity index is 781. The zero-order valence-corrected chi connectivity index (χ0v) is 37.6. The van der Waals surface area contributed by atoms with Crippen molar-refractivity contribution in [1.29, 1.82) is 0 Å². The van der Waals surface area contributed by atoms with Gasteiger partial charge in [0.25, 0.3) is 0 Å². The zero-order chi connectivity index (χ0) is 44.9. The maximum absolute atomic E-state index is 9.36. The molecule has 0 radical (unpaired) electrons.